The number of anilines is 3. The molecule has 2 amide bonds. The first-order valence-electron chi connectivity index (χ1n) is 12.3. The highest BCUT2D eigenvalue weighted by atomic mass is 35.5. The third-order valence-corrected chi connectivity index (χ3v) is 6.67. The molecule has 0 aliphatic heterocycles. The van der Waals surface area contributed by atoms with Gasteiger partial charge >= 0.3 is 0 Å². The zero-order valence-electron chi connectivity index (χ0n) is 20.0. The molecule has 5 rings (SSSR count). The molecule has 6 N–H and O–H groups in total. The SMILES string of the molecule is C[C@@H](N)C(=O)N[C@H]1CC[C@H](Nc2cc(NC3CC3)c3ncc(C(=O)Nc4ccnc(Cl)c4)n3n2)CC1. The van der Waals surface area contributed by atoms with E-state index in [9.17, 15) is 9.59 Å². The molecule has 0 unspecified atom stereocenters. The topological polar surface area (TPSA) is 151 Å². The van der Waals surface area contributed by atoms with E-state index in [1.54, 1.807) is 23.6 Å². The molecule has 3 heterocycles. The number of rotatable bonds is 8. The maximum absolute atomic E-state index is 13.1. The van der Waals surface area contributed by atoms with Crippen LogP contribution >= 0.6 is 11.6 Å². The molecule has 0 aromatic carbocycles. The Hall–Kier alpha value is -3.44. The molecule has 0 radical (unpaired) electrons. The second-order valence-corrected chi connectivity index (χ2v) is 9.94. The molecule has 11 nitrogen and oxygen atoms in total. The third-order valence-electron chi connectivity index (χ3n) is 6.46. The Morgan fingerprint density at radius 2 is 1.75 bits per heavy atom. The van der Waals surface area contributed by atoms with Crippen LogP contribution in [0.2, 0.25) is 5.15 Å². The minimum atomic E-state index is -0.508. The van der Waals surface area contributed by atoms with Gasteiger partial charge in [0.2, 0.25) is 5.91 Å². The fourth-order valence-corrected chi connectivity index (χ4v) is 4.52. The van der Waals surface area contributed by atoms with Gasteiger partial charge in [-0.2, -0.15) is 0 Å². The van der Waals surface area contributed by atoms with Gasteiger partial charge in [0.1, 0.15) is 11.0 Å². The fourth-order valence-electron chi connectivity index (χ4n) is 4.35. The predicted octanol–water partition coefficient (Wildman–Crippen LogP) is 2.79. The fraction of sp³-hybridized carbons (Fsp3) is 0.458. The summed E-state index contributed by atoms with van der Waals surface area (Å²) in [5.41, 5.74) is 7.94. The molecule has 36 heavy (non-hydrogen) atoms. The van der Waals surface area contributed by atoms with Gasteiger partial charge in [-0.05, 0) is 57.6 Å². The van der Waals surface area contributed by atoms with E-state index in [1.165, 1.54) is 12.4 Å². The zero-order valence-corrected chi connectivity index (χ0v) is 20.8. The summed E-state index contributed by atoms with van der Waals surface area (Å²) in [5.74, 6) is 0.194. The van der Waals surface area contributed by atoms with E-state index in [0.717, 1.165) is 44.2 Å². The van der Waals surface area contributed by atoms with E-state index < -0.39 is 6.04 Å². The lowest BCUT2D eigenvalue weighted by Gasteiger charge is -2.30. The van der Waals surface area contributed by atoms with Crippen LogP contribution in [0.25, 0.3) is 5.65 Å². The lowest BCUT2D eigenvalue weighted by Crippen LogP contribution is -2.46. The van der Waals surface area contributed by atoms with Gasteiger partial charge in [0.05, 0.1) is 17.9 Å². The third kappa shape index (κ3) is 5.68. The van der Waals surface area contributed by atoms with E-state index in [2.05, 4.69) is 31.2 Å². The van der Waals surface area contributed by atoms with Crippen molar-refractivity contribution in [1.82, 2.24) is 24.9 Å². The van der Waals surface area contributed by atoms with Crippen LogP contribution in [0.3, 0.4) is 0 Å². The number of imidazole rings is 1. The molecular formula is C24H30ClN9O2. The number of hydrogen-bond donors (Lipinski definition) is 5. The van der Waals surface area contributed by atoms with Crippen LogP contribution in [0.5, 0.6) is 0 Å². The number of nitrogens with two attached hydrogens (primary N) is 1. The van der Waals surface area contributed by atoms with Crippen LogP contribution in [0.4, 0.5) is 17.2 Å². The van der Waals surface area contributed by atoms with Crippen LogP contribution in [-0.2, 0) is 4.79 Å². The average molecular weight is 512 g/mol. The van der Waals surface area contributed by atoms with E-state index in [1.807, 2.05) is 6.07 Å². The second kappa shape index (κ2) is 10.3. The van der Waals surface area contributed by atoms with E-state index >= 15 is 0 Å². The van der Waals surface area contributed by atoms with Crippen LogP contribution in [0, 0.1) is 0 Å². The number of hydrogen-bond acceptors (Lipinski definition) is 8. The largest absolute Gasteiger partial charge is 0.379 e. The van der Waals surface area contributed by atoms with Crippen molar-refractivity contribution in [1.29, 1.82) is 0 Å². The Morgan fingerprint density at radius 3 is 2.44 bits per heavy atom. The van der Waals surface area contributed by atoms with Crippen molar-refractivity contribution in [3.63, 3.8) is 0 Å². The van der Waals surface area contributed by atoms with Crippen LogP contribution in [0.15, 0.2) is 30.6 Å². The van der Waals surface area contributed by atoms with Crippen LogP contribution in [-0.4, -0.2) is 55.6 Å². The number of nitrogens with zero attached hydrogens (tertiary/aromatic N) is 4. The molecule has 3 aromatic rings. The monoisotopic (exact) mass is 511 g/mol. The first-order valence-corrected chi connectivity index (χ1v) is 12.6. The van der Waals surface area contributed by atoms with Gasteiger partial charge in [0, 0.05) is 36.1 Å². The molecule has 1 atom stereocenters. The zero-order chi connectivity index (χ0) is 25.2. The number of fused-ring (bicyclic) bond motifs is 1. The number of halogens is 1. The number of aromatic nitrogens is 4. The van der Waals surface area contributed by atoms with Crippen molar-refractivity contribution in [2.45, 2.75) is 69.6 Å². The Labute approximate surface area is 213 Å². The Bertz CT molecular complexity index is 1270. The maximum Gasteiger partial charge on any atom is 0.276 e. The van der Waals surface area contributed by atoms with Gasteiger partial charge in [0.15, 0.2) is 11.3 Å². The summed E-state index contributed by atoms with van der Waals surface area (Å²) in [7, 11) is 0. The Balaban J connectivity index is 1.33. The smallest absolute Gasteiger partial charge is 0.276 e. The van der Waals surface area contributed by atoms with Crippen molar-refractivity contribution in [2.24, 2.45) is 5.73 Å². The number of amides is 2. The van der Waals surface area contributed by atoms with Crippen molar-refractivity contribution in [3.05, 3.63) is 41.4 Å². The minimum Gasteiger partial charge on any atom is -0.379 e. The van der Waals surface area contributed by atoms with E-state index in [-0.39, 0.29) is 23.9 Å². The summed E-state index contributed by atoms with van der Waals surface area (Å²) in [4.78, 5) is 33.4. The van der Waals surface area contributed by atoms with Crippen LogP contribution in [0.1, 0.15) is 55.9 Å². The summed E-state index contributed by atoms with van der Waals surface area (Å²) < 4.78 is 1.57. The van der Waals surface area contributed by atoms with Crippen molar-refractivity contribution < 1.29 is 9.59 Å². The highest BCUT2D eigenvalue weighted by Gasteiger charge is 2.26. The molecule has 0 saturated heterocycles. The first-order chi connectivity index (χ1) is 17.4. The van der Waals surface area contributed by atoms with Gasteiger partial charge in [-0.1, -0.05) is 11.6 Å². The molecule has 0 bridgehead atoms. The van der Waals surface area contributed by atoms with Crippen molar-refractivity contribution in [3.8, 4) is 0 Å². The summed E-state index contributed by atoms with van der Waals surface area (Å²) in [6.45, 7) is 1.69. The highest BCUT2D eigenvalue weighted by Crippen LogP contribution is 2.30. The molecule has 2 aliphatic carbocycles. The Morgan fingerprint density at radius 1 is 1.06 bits per heavy atom. The number of carbonyl (C=O) groups excluding carboxylic acids is 2. The number of carbonyl (C=O) groups is 2. The molecule has 2 aliphatic rings. The van der Waals surface area contributed by atoms with Crippen molar-refractivity contribution in [2.75, 3.05) is 16.0 Å². The average Bonchev–Trinajstić information content (AvgIpc) is 3.55. The second-order valence-electron chi connectivity index (χ2n) is 9.55. The molecular weight excluding hydrogens is 482 g/mol. The minimum absolute atomic E-state index is 0.116. The normalized spacial score (nSPS) is 20.5. The Kier molecular flexibility index (Phi) is 6.92. The summed E-state index contributed by atoms with van der Waals surface area (Å²) in [6, 6.07) is 5.43. The number of pyridine rings is 1. The van der Waals surface area contributed by atoms with Crippen LogP contribution < -0.4 is 27.0 Å². The van der Waals surface area contributed by atoms with Gasteiger partial charge in [-0.3, -0.25) is 9.59 Å². The lowest BCUT2D eigenvalue weighted by molar-refractivity contribution is -0.122. The van der Waals surface area contributed by atoms with Gasteiger partial charge < -0.3 is 27.0 Å². The van der Waals surface area contributed by atoms with E-state index in [4.69, 9.17) is 22.4 Å². The molecule has 12 heteroatoms. The summed E-state index contributed by atoms with van der Waals surface area (Å²) >= 11 is 5.95. The molecule has 2 fully saturated rings. The standard InChI is InChI=1S/C24H30ClN9O2/c1-13(26)23(35)31-16-6-4-15(5-7-16)30-21-11-18(29-14-2-3-14)22-28-12-19(34(22)33-21)24(36)32-17-8-9-27-20(25)10-17/h8-16,29H,2-7,26H2,1H3,(H,30,33)(H,31,35)(H,27,32,36)/t13-,15-,16-/m1/s1. The predicted molar refractivity (Wildman–Crippen MR) is 138 cm³/mol. The first kappa shape index (κ1) is 24.3. The summed E-state index contributed by atoms with van der Waals surface area (Å²) in [6.07, 6.45) is 8.74. The summed E-state index contributed by atoms with van der Waals surface area (Å²) in [5, 5.41) is 17.9. The molecule has 0 spiro atoms. The van der Waals surface area contributed by atoms with E-state index in [0.29, 0.717) is 34.0 Å². The van der Waals surface area contributed by atoms with Gasteiger partial charge in [0.25, 0.3) is 5.91 Å². The highest BCUT2D eigenvalue weighted by molar-refractivity contribution is 6.29. The molecule has 2 saturated carbocycles. The van der Waals surface area contributed by atoms with Gasteiger partial charge in [-0.25, -0.2) is 14.5 Å². The quantitative estimate of drug-likeness (QED) is 0.289. The van der Waals surface area contributed by atoms with Gasteiger partial charge in [-0.15, -0.1) is 5.10 Å². The van der Waals surface area contributed by atoms with Crippen molar-refractivity contribution >= 4 is 46.3 Å². The lowest BCUT2D eigenvalue weighted by atomic mass is 9.91. The number of nitrogens with one attached hydrogen (secondary N) is 4. The maximum atomic E-state index is 13.1. The molecule has 190 valence electrons. The molecule has 3 aromatic heterocycles.